The molecule has 0 aromatic heterocycles. The van der Waals surface area contributed by atoms with Crippen molar-refractivity contribution in [3.05, 3.63) is 35.9 Å². The number of amides is 1. The van der Waals surface area contributed by atoms with Gasteiger partial charge in [-0.25, -0.2) is 4.79 Å². The number of piperidine rings is 1. The van der Waals surface area contributed by atoms with Crippen LogP contribution in [0.5, 0.6) is 0 Å². The van der Waals surface area contributed by atoms with Crippen LogP contribution < -0.4 is 0 Å². The van der Waals surface area contributed by atoms with E-state index in [1.807, 2.05) is 30.3 Å². The lowest BCUT2D eigenvalue weighted by Crippen LogP contribution is -2.43. The molecule has 0 saturated carbocycles. The van der Waals surface area contributed by atoms with Gasteiger partial charge in [-0.15, -0.1) is 0 Å². The van der Waals surface area contributed by atoms with Crippen molar-refractivity contribution in [2.45, 2.75) is 19.4 Å². The maximum absolute atomic E-state index is 12.0. The topological polar surface area (TPSA) is 104 Å². The summed E-state index contributed by atoms with van der Waals surface area (Å²) < 4.78 is 5.21. The second kappa shape index (κ2) is 7.62. The highest BCUT2D eigenvalue weighted by Gasteiger charge is 2.37. The number of benzene rings is 1. The van der Waals surface area contributed by atoms with Crippen molar-refractivity contribution in [2.75, 3.05) is 13.1 Å². The number of hydrogen-bond acceptors (Lipinski definition) is 4. The molecule has 1 aliphatic rings. The van der Waals surface area contributed by atoms with Gasteiger partial charge in [-0.3, -0.25) is 9.59 Å². The Hall–Kier alpha value is -2.57. The van der Waals surface area contributed by atoms with Crippen molar-refractivity contribution in [1.29, 1.82) is 0 Å². The van der Waals surface area contributed by atoms with Gasteiger partial charge in [-0.05, 0) is 24.3 Å². The number of carboxylic acids is 2. The number of carbonyl (C=O) groups is 3. The first-order valence-corrected chi connectivity index (χ1v) is 7.40. The summed E-state index contributed by atoms with van der Waals surface area (Å²) in [5.74, 6) is -4.55. The van der Waals surface area contributed by atoms with Crippen molar-refractivity contribution in [3.63, 3.8) is 0 Å². The van der Waals surface area contributed by atoms with E-state index in [9.17, 15) is 14.4 Å². The summed E-state index contributed by atoms with van der Waals surface area (Å²) >= 11 is 0. The summed E-state index contributed by atoms with van der Waals surface area (Å²) in [6, 6.07) is 9.28. The molecule has 0 bridgehead atoms. The lowest BCUT2D eigenvalue weighted by Gasteiger charge is -2.32. The maximum atomic E-state index is 12.0. The molecule has 1 fully saturated rings. The second-order valence-corrected chi connectivity index (χ2v) is 5.52. The Morgan fingerprint density at radius 1 is 1.09 bits per heavy atom. The van der Waals surface area contributed by atoms with Crippen molar-refractivity contribution in [3.8, 4) is 0 Å². The first-order chi connectivity index (χ1) is 11.0. The smallest absolute Gasteiger partial charge is 0.410 e. The minimum Gasteiger partial charge on any atom is -0.481 e. The molecule has 1 heterocycles. The van der Waals surface area contributed by atoms with E-state index in [0.29, 0.717) is 25.9 Å². The van der Waals surface area contributed by atoms with E-state index in [-0.39, 0.29) is 6.61 Å². The van der Waals surface area contributed by atoms with Crippen LogP contribution in [0, 0.1) is 11.8 Å². The Labute approximate surface area is 133 Å². The van der Waals surface area contributed by atoms with Crippen molar-refractivity contribution in [2.24, 2.45) is 11.8 Å². The number of ether oxygens (including phenoxy) is 1. The van der Waals surface area contributed by atoms with Gasteiger partial charge in [0.15, 0.2) is 5.92 Å². The molecule has 7 nitrogen and oxygen atoms in total. The molecule has 2 N–H and O–H groups in total. The van der Waals surface area contributed by atoms with Gasteiger partial charge < -0.3 is 19.8 Å². The summed E-state index contributed by atoms with van der Waals surface area (Å²) in [7, 11) is 0. The Bertz CT molecular complexity index is 551. The summed E-state index contributed by atoms with van der Waals surface area (Å²) in [6.45, 7) is 0.775. The molecule has 1 saturated heterocycles. The number of carbonyl (C=O) groups excluding carboxylic acids is 1. The van der Waals surface area contributed by atoms with Crippen LogP contribution in [0.3, 0.4) is 0 Å². The minimum atomic E-state index is -1.42. The monoisotopic (exact) mass is 321 g/mol. The fraction of sp³-hybridized carbons (Fsp3) is 0.438. The fourth-order valence-corrected chi connectivity index (χ4v) is 2.73. The second-order valence-electron chi connectivity index (χ2n) is 5.52. The minimum absolute atomic E-state index is 0.173. The molecule has 124 valence electrons. The fourth-order valence-electron chi connectivity index (χ4n) is 2.73. The maximum Gasteiger partial charge on any atom is 0.410 e. The number of likely N-dealkylation sites (tertiary alicyclic amines) is 1. The molecule has 0 radical (unpaired) electrons. The third kappa shape index (κ3) is 4.45. The number of hydrogen-bond donors (Lipinski definition) is 2. The largest absolute Gasteiger partial charge is 0.481 e. The molecular formula is C16H19NO6. The lowest BCUT2D eigenvalue weighted by atomic mass is 9.84. The highest BCUT2D eigenvalue weighted by molar-refractivity contribution is 5.93. The molecule has 1 aromatic carbocycles. The highest BCUT2D eigenvalue weighted by atomic mass is 16.6. The molecule has 7 heteroatoms. The zero-order chi connectivity index (χ0) is 16.8. The standard InChI is InChI=1S/C16H19NO6/c18-14(19)13(15(20)21)12-6-8-17(9-7-12)16(22)23-10-11-4-2-1-3-5-11/h1-5,12-13H,6-10H2,(H,18,19)(H,20,21). The third-order valence-corrected chi connectivity index (χ3v) is 4.01. The Morgan fingerprint density at radius 3 is 2.17 bits per heavy atom. The van der Waals surface area contributed by atoms with Crippen molar-refractivity contribution in [1.82, 2.24) is 4.90 Å². The first-order valence-electron chi connectivity index (χ1n) is 7.40. The number of nitrogens with zero attached hydrogens (tertiary/aromatic N) is 1. The van der Waals surface area contributed by atoms with E-state index < -0.39 is 29.9 Å². The molecular weight excluding hydrogens is 302 g/mol. The quantitative estimate of drug-likeness (QED) is 0.802. The van der Waals surface area contributed by atoms with Gasteiger partial charge >= 0.3 is 18.0 Å². The normalized spacial score (nSPS) is 15.4. The third-order valence-electron chi connectivity index (χ3n) is 4.01. The van der Waals surface area contributed by atoms with E-state index in [0.717, 1.165) is 5.56 Å². The van der Waals surface area contributed by atoms with Gasteiger partial charge in [0.05, 0.1) is 0 Å². The van der Waals surface area contributed by atoms with Crippen molar-refractivity contribution < 1.29 is 29.3 Å². The van der Waals surface area contributed by atoms with Crippen LogP contribution in [0.1, 0.15) is 18.4 Å². The highest BCUT2D eigenvalue weighted by Crippen LogP contribution is 2.26. The van der Waals surface area contributed by atoms with E-state index in [4.69, 9.17) is 14.9 Å². The van der Waals surface area contributed by atoms with Crippen LogP contribution in [0.15, 0.2) is 30.3 Å². The van der Waals surface area contributed by atoms with Crippen LogP contribution in [0.4, 0.5) is 4.79 Å². The molecule has 2 rings (SSSR count). The molecule has 0 unspecified atom stereocenters. The summed E-state index contributed by atoms with van der Waals surface area (Å²) in [4.78, 5) is 35.5. The zero-order valence-corrected chi connectivity index (χ0v) is 12.6. The molecule has 0 spiro atoms. The summed E-state index contributed by atoms with van der Waals surface area (Å²) in [5, 5.41) is 18.0. The van der Waals surface area contributed by atoms with E-state index in [1.54, 1.807) is 0 Å². The lowest BCUT2D eigenvalue weighted by molar-refractivity contribution is -0.158. The number of carboxylic acid groups (broad SMARTS) is 2. The first kappa shape index (κ1) is 16.8. The van der Waals surface area contributed by atoms with Gasteiger partial charge in [-0.2, -0.15) is 0 Å². The van der Waals surface area contributed by atoms with Crippen molar-refractivity contribution >= 4 is 18.0 Å². The summed E-state index contributed by atoms with van der Waals surface area (Å²) in [5.41, 5.74) is 0.882. The van der Waals surface area contributed by atoms with Gasteiger partial charge in [0.1, 0.15) is 6.61 Å². The van der Waals surface area contributed by atoms with Crippen LogP contribution in [0.25, 0.3) is 0 Å². The molecule has 1 amide bonds. The zero-order valence-electron chi connectivity index (χ0n) is 12.6. The predicted molar refractivity (Wildman–Crippen MR) is 79.7 cm³/mol. The molecule has 0 atom stereocenters. The van der Waals surface area contributed by atoms with Crippen LogP contribution in [0.2, 0.25) is 0 Å². The predicted octanol–water partition coefficient (Wildman–Crippen LogP) is 1.82. The molecule has 1 aromatic rings. The molecule has 0 aliphatic carbocycles. The Balaban J connectivity index is 1.82. The van der Waals surface area contributed by atoms with Gasteiger partial charge in [0.25, 0.3) is 0 Å². The number of aliphatic carboxylic acids is 2. The average Bonchev–Trinajstić information content (AvgIpc) is 2.53. The average molecular weight is 321 g/mol. The van der Waals surface area contributed by atoms with Crippen LogP contribution in [-0.2, 0) is 20.9 Å². The molecule has 23 heavy (non-hydrogen) atoms. The van der Waals surface area contributed by atoms with E-state index >= 15 is 0 Å². The Morgan fingerprint density at radius 2 is 1.65 bits per heavy atom. The number of rotatable bonds is 5. The Kier molecular flexibility index (Phi) is 5.56. The van der Waals surface area contributed by atoms with Crippen LogP contribution in [-0.4, -0.2) is 46.2 Å². The SMILES string of the molecule is O=C(O)C(C(=O)O)C1CCN(C(=O)OCc2ccccc2)CC1. The van der Waals surface area contributed by atoms with Gasteiger partial charge in [-0.1, -0.05) is 30.3 Å². The van der Waals surface area contributed by atoms with E-state index in [2.05, 4.69) is 0 Å². The summed E-state index contributed by atoms with van der Waals surface area (Å²) in [6.07, 6.45) is 0.211. The van der Waals surface area contributed by atoms with Gasteiger partial charge in [0, 0.05) is 13.1 Å². The molecule has 1 aliphatic heterocycles. The van der Waals surface area contributed by atoms with Crippen LogP contribution >= 0.6 is 0 Å². The van der Waals surface area contributed by atoms with E-state index in [1.165, 1.54) is 4.90 Å². The van der Waals surface area contributed by atoms with Gasteiger partial charge in [0.2, 0.25) is 0 Å².